The van der Waals surface area contributed by atoms with Crippen LogP contribution in [0.2, 0.25) is 0 Å². The lowest BCUT2D eigenvalue weighted by Gasteiger charge is -2.03. The van der Waals surface area contributed by atoms with Crippen LogP contribution in [-0.4, -0.2) is 23.2 Å². The molecule has 6 nitrogen and oxygen atoms in total. The Labute approximate surface area is 133 Å². The zero-order valence-electron chi connectivity index (χ0n) is 12.7. The monoisotopic (exact) mass is 309 g/mol. The summed E-state index contributed by atoms with van der Waals surface area (Å²) in [6.07, 6.45) is 0. The van der Waals surface area contributed by atoms with Crippen molar-refractivity contribution in [1.82, 2.24) is 10.2 Å². The highest BCUT2D eigenvalue weighted by Crippen LogP contribution is 2.30. The number of ether oxygens (including phenoxy) is 1. The Hall–Kier alpha value is -3.15. The van der Waals surface area contributed by atoms with Crippen LogP contribution in [-0.2, 0) is 4.79 Å². The number of hydrogen-bond donors (Lipinski definition) is 1. The van der Waals surface area contributed by atoms with Crippen molar-refractivity contribution >= 4 is 11.6 Å². The fraction of sp³-hybridized carbons (Fsp3) is 0.118. The molecule has 1 N–H and O–H groups in total. The molecule has 3 aromatic rings. The van der Waals surface area contributed by atoms with Gasteiger partial charge in [0.2, 0.25) is 11.8 Å². The molecule has 2 aromatic carbocycles. The summed E-state index contributed by atoms with van der Waals surface area (Å²) in [5.41, 5.74) is 2.22. The van der Waals surface area contributed by atoms with Gasteiger partial charge in [-0.05, 0) is 36.4 Å². The second kappa shape index (κ2) is 6.31. The predicted octanol–water partition coefficient (Wildman–Crippen LogP) is 3.37. The van der Waals surface area contributed by atoms with E-state index in [0.29, 0.717) is 23.2 Å². The minimum Gasteiger partial charge on any atom is -0.496 e. The van der Waals surface area contributed by atoms with Crippen molar-refractivity contribution in [2.75, 3.05) is 12.4 Å². The van der Waals surface area contributed by atoms with E-state index in [-0.39, 0.29) is 5.91 Å². The first-order chi connectivity index (χ1) is 11.2. The molecule has 116 valence electrons. The fourth-order valence-electron chi connectivity index (χ4n) is 2.17. The average Bonchev–Trinajstić information content (AvgIpc) is 3.05. The van der Waals surface area contributed by atoms with Gasteiger partial charge in [-0.2, -0.15) is 0 Å². The van der Waals surface area contributed by atoms with Gasteiger partial charge in [-0.15, -0.1) is 10.2 Å². The quantitative estimate of drug-likeness (QED) is 0.799. The van der Waals surface area contributed by atoms with Crippen molar-refractivity contribution in [3.8, 4) is 28.7 Å². The van der Waals surface area contributed by atoms with E-state index in [4.69, 9.17) is 9.15 Å². The normalized spacial score (nSPS) is 10.3. The SMILES string of the molecule is COc1ccccc1-c1nnc(-c2ccc(NC(C)=O)cc2)o1. The second-order valence-electron chi connectivity index (χ2n) is 4.87. The van der Waals surface area contributed by atoms with Gasteiger partial charge in [0.25, 0.3) is 5.89 Å². The third kappa shape index (κ3) is 3.21. The molecule has 0 aliphatic carbocycles. The molecule has 1 aromatic heterocycles. The number of carbonyl (C=O) groups is 1. The summed E-state index contributed by atoms with van der Waals surface area (Å²) in [6.45, 7) is 1.46. The van der Waals surface area contributed by atoms with Gasteiger partial charge < -0.3 is 14.5 Å². The first-order valence-electron chi connectivity index (χ1n) is 7.02. The van der Waals surface area contributed by atoms with E-state index in [0.717, 1.165) is 11.1 Å². The van der Waals surface area contributed by atoms with Gasteiger partial charge in [0.15, 0.2) is 0 Å². The number of carbonyl (C=O) groups excluding carboxylic acids is 1. The number of nitrogens with one attached hydrogen (secondary N) is 1. The highest BCUT2D eigenvalue weighted by atomic mass is 16.5. The first-order valence-corrected chi connectivity index (χ1v) is 7.02. The number of para-hydroxylation sites is 1. The predicted molar refractivity (Wildman–Crippen MR) is 86.0 cm³/mol. The summed E-state index contributed by atoms with van der Waals surface area (Å²) in [4.78, 5) is 11.0. The van der Waals surface area contributed by atoms with Gasteiger partial charge in [-0.1, -0.05) is 12.1 Å². The lowest BCUT2D eigenvalue weighted by molar-refractivity contribution is -0.114. The summed E-state index contributed by atoms with van der Waals surface area (Å²) >= 11 is 0. The maximum atomic E-state index is 11.0. The lowest BCUT2D eigenvalue weighted by Crippen LogP contribution is -2.05. The molecule has 0 aliphatic heterocycles. The Morgan fingerprint density at radius 1 is 1.04 bits per heavy atom. The molecule has 1 heterocycles. The highest BCUT2D eigenvalue weighted by Gasteiger charge is 2.14. The third-order valence-corrected chi connectivity index (χ3v) is 3.21. The maximum absolute atomic E-state index is 11.0. The molecular weight excluding hydrogens is 294 g/mol. The molecule has 0 radical (unpaired) electrons. The Balaban J connectivity index is 1.88. The summed E-state index contributed by atoms with van der Waals surface area (Å²) < 4.78 is 11.0. The summed E-state index contributed by atoms with van der Waals surface area (Å²) in [5.74, 6) is 1.35. The van der Waals surface area contributed by atoms with Crippen molar-refractivity contribution in [1.29, 1.82) is 0 Å². The Morgan fingerprint density at radius 2 is 1.74 bits per heavy atom. The third-order valence-electron chi connectivity index (χ3n) is 3.21. The molecule has 0 aliphatic rings. The van der Waals surface area contributed by atoms with Gasteiger partial charge in [-0.3, -0.25) is 4.79 Å². The largest absolute Gasteiger partial charge is 0.496 e. The standard InChI is InChI=1S/C17H15N3O3/c1-11(21)18-13-9-7-12(8-10-13)16-19-20-17(23-16)14-5-3-4-6-15(14)22-2/h3-10H,1-2H3,(H,18,21). The molecule has 1 amide bonds. The number of amides is 1. The molecule has 0 bridgehead atoms. The van der Waals surface area contributed by atoms with E-state index in [2.05, 4.69) is 15.5 Å². The topological polar surface area (TPSA) is 77.3 Å². The van der Waals surface area contributed by atoms with Crippen LogP contribution in [0.1, 0.15) is 6.92 Å². The van der Waals surface area contributed by atoms with Crippen molar-refractivity contribution in [3.63, 3.8) is 0 Å². The number of hydrogen-bond acceptors (Lipinski definition) is 5. The zero-order chi connectivity index (χ0) is 16.2. The zero-order valence-corrected chi connectivity index (χ0v) is 12.7. The molecule has 23 heavy (non-hydrogen) atoms. The smallest absolute Gasteiger partial charge is 0.251 e. The second-order valence-corrected chi connectivity index (χ2v) is 4.87. The number of methoxy groups -OCH3 is 1. The van der Waals surface area contributed by atoms with Crippen LogP contribution in [0.15, 0.2) is 52.9 Å². The van der Waals surface area contributed by atoms with E-state index in [1.807, 2.05) is 36.4 Å². The van der Waals surface area contributed by atoms with E-state index >= 15 is 0 Å². The Morgan fingerprint density at radius 3 is 2.43 bits per heavy atom. The van der Waals surface area contributed by atoms with E-state index in [1.54, 1.807) is 19.2 Å². The van der Waals surface area contributed by atoms with Crippen molar-refractivity contribution in [2.24, 2.45) is 0 Å². The minimum atomic E-state index is -0.117. The number of rotatable bonds is 4. The van der Waals surface area contributed by atoms with Gasteiger partial charge in [0, 0.05) is 18.2 Å². The fourth-order valence-corrected chi connectivity index (χ4v) is 2.17. The number of aromatic nitrogens is 2. The van der Waals surface area contributed by atoms with Crippen molar-refractivity contribution in [2.45, 2.75) is 6.92 Å². The van der Waals surface area contributed by atoms with Crippen molar-refractivity contribution in [3.05, 3.63) is 48.5 Å². The van der Waals surface area contributed by atoms with Crippen LogP contribution in [0.3, 0.4) is 0 Å². The van der Waals surface area contributed by atoms with Gasteiger partial charge >= 0.3 is 0 Å². The van der Waals surface area contributed by atoms with Crippen LogP contribution in [0.5, 0.6) is 5.75 Å². The molecule has 0 saturated carbocycles. The molecule has 6 heteroatoms. The molecular formula is C17H15N3O3. The van der Waals surface area contributed by atoms with Crippen LogP contribution in [0, 0.1) is 0 Å². The molecule has 0 unspecified atom stereocenters. The average molecular weight is 309 g/mol. The Kier molecular flexibility index (Phi) is 4.05. The van der Waals surface area contributed by atoms with Crippen LogP contribution in [0.4, 0.5) is 5.69 Å². The minimum absolute atomic E-state index is 0.117. The molecule has 0 fully saturated rings. The lowest BCUT2D eigenvalue weighted by atomic mass is 10.2. The number of nitrogens with zero attached hydrogens (tertiary/aromatic N) is 2. The van der Waals surface area contributed by atoms with Crippen LogP contribution < -0.4 is 10.1 Å². The number of anilines is 1. The Bertz CT molecular complexity index is 825. The van der Waals surface area contributed by atoms with Crippen molar-refractivity contribution < 1.29 is 13.9 Å². The number of benzene rings is 2. The van der Waals surface area contributed by atoms with Gasteiger partial charge in [0.05, 0.1) is 12.7 Å². The molecule has 0 spiro atoms. The summed E-state index contributed by atoms with van der Waals surface area (Å²) in [7, 11) is 1.59. The van der Waals surface area contributed by atoms with E-state index < -0.39 is 0 Å². The van der Waals surface area contributed by atoms with E-state index in [1.165, 1.54) is 6.92 Å². The van der Waals surface area contributed by atoms with E-state index in [9.17, 15) is 4.79 Å². The molecule has 3 rings (SSSR count). The van der Waals surface area contributed by atoms with Gasteiger partial charge in [0.1, 0.15) is 5.75 Å². The van der Waals surface area contributed by atoms with Gasteiger partial charge in [-0.25, -0.2) is 0 Å². The first kappa shape index (κ1) is 14.8. The summed E-state index contributed by atoms with van der Waals surface area (Å²) in [5, 5.41) is 10.9. The highest BCUT2D eigenvalue weighted by molar-refractivity contribution is 5.88. The molecule has 0 saturated heterocycles. The molecule has 0 atom stereocenters. The summed E-state index contributed by atoms with van der Waals surface area (Å²) in [6, 6.07) is 14.6. The maximum Gasteiger partial charge on any atom is 0.251 e. The van der Waals surface area contributed by atoms with Crippen LogP contribution >= 0.6 is 0 Å². The van der Waals surface area contributed by atoms with Crippen LogP contribution in [0.25, 0.3) is 22.9 Å².